The van der Waals surface area contributed by atoms with Gasteiger partial charge in [-0.05, 0) is 37.1 Å². The van der Waals surface area contributed by atoms with Gasteiger partial charge in [0.05, 0.1) is 5.69 Å². The van der Waals surface area contributed by atoms with Gasteiger partial charge in [0.1, 0.15) is 18.0 Å². The van der Waals surface area contributed by atoms with Crippen LogP contribution in [0.1, 0.15) is 11.1 Å². The maximum atomic E-state index is 13.1. The predicted molar refractivity (Wildman–Crippen MR) is 58.2 cm³/mol. The third-order valence-electron chi connectivity index (χ3n) is 2.22. The van der Waals surface area contributed by atoms with Gasteiger partial charge < -0.3 is 0 Å². The van der Waals surface area contributed by atoms with E-state index in [1.807, 2.05) is 0 Å². The van der Waals surface area contributed by atoms with Crippen LogP contribution in [0, 0.1) is 42.3 Å². The first-order valence-electron chi connectivity index (χ1n) is 4.49. The molecule has 0 aromatic heterocycles. The molecule has 0 aliphatic heterocycles. The Balaban J connectivity index is 3.02. The zero-order valence-corrected chi connectivity index (χ0v) is 8.87. The Morgan fingerprint density at radius 3 is 2.44 bits per heavy atom. The zero-order chi connectivity index (χ0) is 12.1. The van der Waals surface area contributed by atoms with Crippen LogP contribution in [-0.4, -0.2) is 5.71 Å². The summed E-state index contributed by atoms with van der Waals surface area (Å²) in [5.41, 5.74) is 4.06. The third kappa shape index (κ3) is 2.34. The Morgan fingerprint density at radius 1 is 1.25 bits per heavy atom. The van der Waals surface area contributed by atoms with E-state index in [1.165, 1.54) is 12.1 Å². The van der Waals surface area contributed by atoms with Crippen LogP contribution < -0.4 is 5.43 Å². The van der Waals surface area contributed by atoms with Crippen molar-refractivity contribution >= 4 is 11.4 Å². The molecule has 0 aliphatic rings. The average molecular weight is 216 g/mol. The van der Waals surface area contributed by atoms with Gasteiger partial charge in [-0.25, -0.2) is 4.39 Å². The van der Waals surface area contributed by atoms with Gasteiger partial charge in [0, 0.05) is 0 Å². The average Bonchev–Trinajstić information content (AvgIpc) is 2.30. The second kappa shape index (κ2) is 4.90. The third-order valence-corrected chi connectivity index (χ3v) is 2.22. The van der Waals surface area contributed by atoms with Crippen molar-refractivity contribution in [2.24, 2.45) is 5.10 Å². The lowest BCUT2D eigenvalue weighted by Crippen LogP contribution is -1.99. The van der Waals surface area contributed by atoms with Gasteiger partial charge in [-0.1, -0.05) is 0 Å². The van der Waals surface area contributed by atoms with Crippen molar-refractivity contribution in [2.75, 3.05) is 5.43 Å². The highest BCUT2D eigenvalue weighted by molar-refractivity contribution is 6.10. The molecule has 1 N–H and O–H groups in total. The van der Waals surface area contributed by atoms with Gasteiger partial charge in [0.25, 0.3) is 0 Å². The summed E-state index contributed by atoms with van der Waals surface area (Å²) in [4.78, 5) is 0. The van der Waals surface area contributed by atoms with E-state index >= 15 is 0 Å². The van der Waals surface area contributed by atoms with Crippen LogP contribution >= 0.6 is 0 Å². The molecule has 0 radical (unpaired) electrons. The highest BCUT2D eigenvalue weighted by Gasteiger charge is 2.05. The fourth-order valence-electron chi connectivity index (χ4n) is 1.10. The summed E-state index contributed by atoms with van der Waals surface area (Å²) < 4.78 is 13.1. The molecular formula is C11H9FN4. The van der Waals surface area contributed by atoms with E-state index in [4.69, 9.17) is 10.5 Å². The molecule has 0 aliphatic carbocycles. The normalized spacial score (nSPS) is 8.81. The Hall–Kier alpha value is -2.40. The number of nitrogens with zero attached hydrogens (tertiary/aromatic N) is 3. The van der Waals surface area contributed by atoms with Gasteiger partial charge in [0.15, 0.2) is 0 Å². The molecule has 1 aromatic rings. The molecule has 0 atom stereocenters. The van der Waals surface area contributed by atoms with Crippen molar-refractivity contribution in [3.63, 3.8) is 0 Å². The maximum absolute atomic E-state index is 13.1. The molecule has 0 spiro atoms. The zero-order valence-electron chi connectivity index (χ0n) is 8.87. The van der Waals surface area contributed by atoms with E-state index in [2.05, 4.69) is 10.5 Å². The van der Waals surface area contributed by atoms with E-state index in [1.54, 1.807) is 26.0 Å². The Kier molecular flexibility index (Phi) is 3.58. The first-order chi connectivity index (χ1) is 7.60. The van der Waals surface area contributed by atoms with Crippen LogP contribution in [0.15, 0.2) is 17.2 Å². The number of rotatable bonds is 2. The van der Waals surface area contributed by atoms with E-state index in [9.17, 15) is 4.39 Å². The lowest BCUT2D eigenvalue weighted by molar-refractivity contribution is 0.617. The van der Waals surface area contributed by atoms with E-state index in [-0.39, 0.29) is 11.5 Å². The molecule has 5 heteroatoms. The summed E-state index contributed by atoms with van der Waals surface area (Å²) in [5.74, 6) is -0.298. The minimum Gasteiger partial charge on any atom is -0.276 e. The van der Waals surface area contributed by atoms with Gasteiger partial charge in [0.2, 0.25) is 5.71 Å². The van der Waals surface area contributed by atoms with Crippen LogP contribution in [0.3, 0.4) is 0 Å². The summed E-state index contributed by atoms with van der Waals surface area (Å²) in [6.07, 6.45) is 0. The lowest BCUT2D eigenvalue weighted by Gasteiger charge is -2.07. The highest BCUT2D eigenvalue weighted by atomic mass is 19.1. The lowest BCUT2D eigenvalue weighted by atomic mass is 10.1. The molecular weight excluding hydrogens is 207 g/mol. The van der Waals surface area contributed by atoms with Crippen molar-refractivity contribution in [1.82, 2.24) is 0 Å². The van der Waals surface area contributed by atoms with E-state index < -0.39 is 0 Å². The van der Waals surface area contributed by atoms with Crippen molar-refractivity contribution in [3.05, 3.63) is 29.1 Å². The van der Waals surface area contributed by atoms with Crippen LogP contribution in [0.25, 0.3) is 0 Å². The number of halogens is 1. The number of hydrogen-bond donors (Lipinski definition) is 1. The minimum absolute atomic E-state index is 0.277. The van der Waals surface area contributed by atoms with Crippen molar-refractivity contribution < 1.29 is 4.39 Å². The molecule has 0 bridgehead atoms. The van der Waals surface area contributed by atoms with Gasteiger partial charge in [-0.15, -0.1) is 0 Å². The molecule has 0 unspecified atom stereocenters. The molecule has 0 heterocycles. The summed E-state index contributed by atoms with van der Waals surface area (Å²) >= 11 is 0. The van der Waals surface area contributed by atoms with E-state index in [0.717, 1.165) is 0 Å². The maximum Gasteiger partial charge on any atom is 0.237 e. The highest BCUT2D eigenvalue weighted by Crippen LogP contribution is 2.20. The number of hydrazone groups is 1. The topological polar surface area (TPSA) is 72.0 Å². The van der Waals surface area contributed by atoms with Gasteiger partial charge in [-0.3, -0.25) is 5.43 Å². The monoisotopic (exact) mass is 216 g/mol. The molecule has 16 heavy (non-hydrogen) atoms. The molecule has 80 valence electrons. The fraction of sp³-hybridized carbons (Fsp3) is 0.182. The summed E-state index contributed by atoms with van der Waals surface area (Å²) in [7, 11) is 0. The molecule has 0 saturated carbocycles. The van der Waals surface area contributed by atoms with Crippen LogP contribution in [-0.2, 0) is 0 Å². The molecule has 1 aromatic carbocycles. The van der Waals surface area contributed by atoms with Crippen LogP contribution in [0.2, 0.25) is 0 Å². The Labute approximate surface area is 92.6 Å². The first-order valence-corrected chi connectivity index (χ1v) is 4.49. The standard InChI is InChI=1S/C11H9FN4/c1-7-8(2)11(4-3-10(7)12)16-15-9(5-13)6-14/h3-4,16H,1-2H3. The number of benzene rings is 1. The van der Waals surface area contributed by atoms with Gasteiger partial charge >= 0.3 is 0 Å². The van der Waals surface area contributed by atoms with E-state index in [0.29, 0.717) is 16.8 Å². The van der Waals surface area contributed by atoms with Crippen molar-refractivity contribution in [3.8, 4) is 12.1 Å². The molecule has 0 amide bonds. The predicted octanol–water partition coefficient (Wildman–Crippen LogP) is 2.26. The minimum atomic E-state index is -0.298. The van der Waals surface area contributed by atoms with Crippen LogP contribution in [0.5, 0.6) is 0 Å². The quantitative estimate of drug-likeness (QED) is 0.608. The van der Waals surface area contributed by atoms with Crippen molar-refractivity contribution in [2.45, 2.75) is 13.8 Å². The number of nitrogens with one attached hydrogen (secondary N) is 1. The molecule has 4 nitrogen and oxygen atoms in total. The second-order valence-electron chi connectivity index (χ2n) is 3.14. The molecule has 0 fully saturated rings. The smallest absolute Gasteiger partial charge is 0.237 e. The van der Waals surface area contributed by atoms with Crippen LogP contribution in [0.4, 0.5) is 10.1 Å². The first kappa shape index (κ1) is 11.7. The Morgan fingerprint density at radius 2 is 1.88 bits per heavy atom. The second-order valence-corrected chi connectivity index (χ2v) is 3.14. The Bertz CT molecular complexity index is 504. The molecule has 0 saturated heterocycles. The fourth-order valence-corrected chi connectivity index (χ4v) is 1.10. The SMILES string of the molecule is Cc1c(F)ccc(NN=C(C#N)C#N)c1C. The summed E-state index contributed by atoms with van der Waals surface area (Å²) in [6, 6.07) is 6.05. The van der Waals surface area contributed by atoms with Crippen molar-refractivity contribution in [1.29, 1.82) is 10.5 Å². The number of hydrogen-bond acceptors (Lipinski definition) is 4. The largest absolute Gasteiger partial charge is 0.276 e. The van der Waals surface area contributed by atoms with Gasteiger partial charge in [-0.2, -0.15) is 15.6 Å². The molecule has 1 rings (SSSR count). The summed E-state index contributed by atoms with van der Waals surface area (Å²) in [6.45, 7) is 3.38. The number of anilines is 1. The number of nitriles is 2. The summed E-state index contributed by atoms with van der Waals surface area (Å²) in [5, 5.41) is 20.5.